The van der Waals surface area contributed by atoms with Gasteiger partial charge in [-0.15, -0.1) is 0 Å². The molecule has 1 rings (SSSR count). The van der Waals surface area contributed by atoms with E-state index >= 15 is 0 Å². The Kier molecular flexibility index (Phi) is 3.99. The Balaban J connectivity index is 2.69. The summed E-state index contributed by atoms with van der Waals surface area (Å²) in [6.45, 7) is 2.88. The molecule has 0 fully saturated rings. The molecule has 0 unspecified atom stereocenters. The van der Waals surface area contributed by atoms with Gasteiger partial charge in [-0.05, 0) is 12.5 Å². The molecule has 1 aromatic rings. The maximum atomic E-state index is 12.9. The van der Waals surface area contributed by atoms with Crippen molar-refractivity contribution >= 4 is 5.97 Å². The molecule has 16 heavy (non-hydrogen) atoms. The molecule has 0 saturated heterocycles. The van der Waals surface area contributed by atoms with Crippen molar-refractivity contribution in [1.29, 1.82) is 0 Å². The molecule has 0 aromatic heterocycles. The minimum Gasteiger partial charge on any atom is -0.466 e. The first kappa shape index (κ1) is 12.6. The summed E-state index contributed by atoms with van der Waals surface area (Å²) in [5.41, 5.74) is 0.617. The van der Waals surface area contributed by atoms with E-state index in [0.717, 1.165) is 6.92 Å². The number of hydrogen-bond acceptors (Lipinski definition) is 2. The molecule has 0 aliphatic carbocycles. The normalized spacial score (nSPS) is 11.2. The third kappa shape index (κ3) is 3.61. The maximum Gasteiger partial charge on any atom is 0.310 e. The molecule has 0 radical (unpaired) electrons. The molecule has 0 aliphatic rings. The van der Waals surface area contributed by atoms with E-state index in [9.17, 15) is 13.6 Å². The van der Waals surface area contributed by atoms with E-state index in [2.05, 4.69) is 0 Å². The highest BCUT2D eigenvalue weighted by atomic mass is 19.3. The van der Waals surface area contributed by atoms with Gasteiger partial charge in [0.25, 0.3) is 5.92 Å². The summed E-state index contributed by atoms with van der Waals surface area (Å²) in [5.74, 6) is -3.19. The van der Waals surface area contributed by atoms with Gasteiger partial charge in [-0.2, -0.15) is 0 Å². The van der Waals surface area contributed by atoms with Crippen LogP contribution < -0.4 is 0 Å². The van der Waals surface area contributed by atoms with Gasteiger partial charge in [-0.3, -0.25) is 4.79 Å². The second-order valence-electron chi connectivity index (χ2n) is 3.57. The van der Waals surface area contributed by atoms with Gasteiger partial charge >= 0.3 is 5.97 Å². The van der Waals surface area contributed by atoms with Crippen molar-refractivity contribution in [2.24, 2.45) is 0 Å². The van der Waals surface area contributed by atoms with Crippen molar-refractivity contribution in [3.63, 3.8) is 0 Å². The van der Waals surface area contributed by atoms with Crippen LogP contribution in [-0.4, -0.2) is 12.6 Å². The maximum absolute atomic E-state index is 12.9. The Morgan fingerprint density at radius 2 is 1.88 bits per heavy atom. The first-order valence-corrected chi connectivity index (χ1v) is 5.06. The molecule has 0 aliphatic heterocycles. The number of alkyl halides is 2. The predicted molar refractivity (Wildman–Crippen MR) is 56.3 cm³/mol. The van der Waals surface area contributed by atoms with Gasteiger partial charge < -0.3 is 4.74 Å². The SMILES string of the molecule is CCOC(=O)Cc1ccc(C(C)(F)F)cc1. The zero-order chi connectivity index (χ0) is 12.2. The summed E-state index contributed by atoms with van der Waals surface area (Å²) < 4.78 is 30.5. The van der Waals surface area contributed by atoms with E-state index in [1.54, 1.807) is 6.92 Å². The van der Waals surface area contributed by atoms with Crippen molar-refractivity contribution in [2.75, 3.05) is 6.61 Å². The molecule has 88 valence electrons. The Morgan fingerprint density at radius 1 is 1.31 bits per heavy atom. The van der Waals surface area contributed by atoms with Crippen molar-refractivity contribution < 1.29 is 18.3 Å². The van der Waals surface area contributed by atoms with Crippen LogP contribution >= 0.6 is 0 Å². The van der Waals surface area contributed by atoms with Gasteiger partial charge in [0.2, 0.25) is 0 Å². The minimum absolute atomic E-state index is 0.0555. The molecule has 4 heteroatoms. The predicted octanol–water partition coefficient (Wildman–Crippen LogP) is 2.90. The highest BCUT2D eigenvalue weighted by molar-refractivity contribution is 5.72. The van der Waals surface area contributed by atoms with E-state index < -0.39 is 5.92 Å². The zero-order valence-electron chi connectivity index (χ0n) is 9.30. The van der Waals surface area contributed by atoms with Crippen LogP contribution in [0.5, 0.6) is 0 Å². The zero-order valence-corrected chi connectivity index (χ0v) is 9.30. The van der Waals surface area contributed by atoms with Gasteiger partial charge in [0, 0.05) is 12.5 Å². The molecular formula is C12H14F2O2. The summed E-state index contributed by atoms with van der Waals surface area (Å²) in [7, 11) is 0. The standard InChI is InChI=1S/C12H14F2O2/c1-3-16-11(15)8-9-4-6-10(7-5-9)12(2,13)14/h4-7H,3,8H2,1-2H3. The van der Waals surface area contributed by atoms with Gasteiger partial charge in [0.15, 0.2) is 0 Å². The van der Waals surface area contributed by atoms with Crippen molar-refractivity contribution in [1.82, 2.24) is 0 Å². The molecule has 0 bridgehead atoms. The number of hydrogen-bond donors (Lipinski definition) is 0. The van der Waals surface area contributed by atoms with E-state index in [4.69, 9.17) is 4.74 Å². The van der Waals surface area contributed by atoms with E-state index in [0.29, 0.717) is 12.2 Å². The van der Waals surface area contributed by atoms with Crippen molar-refractivity contribution in [3.05, 3.63) is 35.4 Å². The number of benzene rings is 1. The number of halogens is 2. The monoisotopic (exact) mass is 228 g/mol. The summed E-state index contributed by atoms with van der Waals surface area (Å²) in [4.78, 5) is 11.1. The topological polar surface area (TPSA) is 26.3 Å². The number of ether oxygens (including phenoxy) is 1. The fourth-order valence-electron chi connectivity index (χ4n) is 1.29. The third-order valence-corrected chi connectivity index (χ3v) is 2.11. The van der Waals surface area contributed by atoms with Crippen LogP contribution in [0.25, 0.3) is 0 Å². The average Bonchev–Trinajstić information content (AvgIpc) is 2.17. The van der Waals surface area contributed by atoms with Crippen molar-refractivity contribution in [3.8, 4) is 0 Å². The molecule has 1 aromatic carbocycles. The molecular weight excluding hydrogens is 214 g/mol. The Bertz CT molecular complexity index is 352. The van der Waals surface area contributed by atoms with E-state index in [-0.39, 0.29) is 18.0 Å². The molecule has 0 heterocycles. The van der Waals surface area contributed by atoms with Crippen LogP contribution in [0.15, 0.2) is 24.3 Å². The Labute approximate surface area is 93.2 Å². The van der Waals surface area contributed by atoms with Crippen molar-refractivity contribution in [2.45, 2.75) is 26.2 Å². The summed E-state index contributed by atoms with van der Waals surface area (Å²) in [6, 6.07) is 5.69. The number of carbonyl (C=O) groups excluding carboxylic acids is 1. The number of esters is 1. The lowest BCUT2D eigenvalue weighted by Gasteiger charge is -2.10. The van der Waals surface area contributed by atoms with Crippen LogP contribution in [0.1, 0.15) is 25.0 Å². The first-order chi connectivity index (χ1) is 7.43. The molecule has 0 saturated carbocycles. The molecule has 0 amide bonds. The first-order valence-electron chi connectivity index (χ1n) is 5.06. The minimum atomic E-state index is -2.84. The number of rotatable bonds is 4. The highest BCUT2D eigenvalue weighted by Gasteiger charge is 2.23. The molecule has 0 atom stereocenters. The average molecular weight is 228 g/mol. The molecule has 0 spiro atoms. The largest absolute Gasteiger partial charge is 0.466 e. The van der Waals surface area contributed by atoms with Gasteiger partial charge in [-0.1, -0.05) is 24.3 Å². The Hall–Kier alpha value is -1.45. The van der Waals surface area contributed by atoms with Gasteiger partial charge in [-0.25, -0.2) is 8.78 Å². The lowest BCUT2D eigenvalue weighted by Crippen LogP contribution is -2.09. The van der Waals surface area contributed by atoms with Crippen LogP contribution in [0, 0.1) is 0 Å². The second-order valence-corrected chi connectivity index (χ2v) is 3.57. The highest BCUT2D eigenvalue weighted by Crippen LogP contribution is 2.26. The Morgan fingerprint density at radius 3 is 2.31 bits per heavy atom. The van der Waals surface area contributed by atoms with Gasteiger partial charge in [0.05, 0.1) is 13.0 Å². The fraction of sp³-hybridized carbons (Fsp3) is 0.417. The van der Waals surface area contributed by atoms with E-state index in [1.165, 1.54) is 24.3 Å². The molecule has 0 N–H and O–H groups in total. The third-order valence-electron chi connectivity index (χ3n) is 2.11. The quantitative estimate of drug-likeness (QED) is 0.741. The summed E-state index contributed by atoms with van der Waals surface area (Å²) in [6.07, 6.45) is 0.114. The number of carbonyl (C=O) groups is 1. The lowest BCUT2D eigenvalue weighted by molar-refractivity contribution is -0.142. The smallest absolute Gasteiger partial charge is 0.310 e. The molecule has 2 nitrogen and oxygen atoms in total. The summed E-state index contributed by atoms with van der Waals surface area (Å²) in [5, 5.41) is 0. The van der Waals surface area contributed by atoms with Gasteiger partial charge in [0.1, 0.15) is 0 Å². The summed E-state index contributed by atoms with van der Waals surface area (Å²) >= 11 is 0. The lowest BCUT2D eigenvalue weighted by atomic mass is 10.1. The van der Waals surface area contributed by atoms with Crippen LogP contribution in [0.4, 0.5) is 8.78 Å². The van der Waals surface area contributed by atoms with Crippen LogP contribution in [0.3, 0.4) is 0 Å². The van der Waals surface area contributed by atoms with Crippen LogP contribution in [0.2, 0.25) is 0 Å². The van der Waals surface area contributed by atoms with Crippen LogP contribution in [-0.2, 0) is 21.9 Å². The fourth-order valence-corrected chi connectivity index (χ4v) is 1.29. The van der Waals surface area contributed by atoms with E-state index in [1.807, 2.05) is 0 Å². The second kappa shape index (κ2) is 5.05.